The molecule has 0 spiro atoms. The van der Waals surface area contributed by atoms with Crippen LogP contribution in [0.4, 0.5) is 0 Å². The second-order valence-electron chi connectivity index (χ2n) is 2.62. The van der Waals surface area contributed by atoms with Gasteiger partial charge in [0.05, 0.1) is 0 Å². The number of fused-ring (bicyclic) bond motifs is 4. The predicted molar refractivity (Wildman–Crippen MR) is 39.5 cm³/mol. The Morgan fingerprint density at radius 2 is 1.40 bits per heavy atom. The number of benzene rings is 1. The van der Waals surface area contributed by atoms with E-state index in [9.17, 15) is 4.79 Å². The third-order valence-corrected chi connectivity index (χ3v) is 2.11. The molecule has 0 radical (unpaired) electrons. The van der Waals surface area contributed by atoms with Gasteiger partial charge in [-0.3, -0.25) is 4.79 Å². The van der Waals surface area contributed by atoms with Gasteiger partial charge in [-0.1, -0.05) is 24.3 Å². The van der Waals surface area contributed by atoms with E-state index in [-0.39, 0.29) is 5.43 Å². The Labute approximate surface area is 57.6 Å². The molecule has 1 aliphatic rings. The van der Waals surface area contributed by atoms with Gasteiger partial charge < -0.3 is 0 Å². The molecule has 0 aliphatic heterocycles. The van der Waals surface area contributed by atoms with Gasteiger partial charge in [0.25, 0.3) is 0 Å². The fraction of sp³-hybridized carbons (Fsp3) is 0. The minimum atomic E-state index is 0.265. The van der Waals surface area contributed by atoms with Crippen LogP contribution in [0.25, 0.3) is 22.3 Å². The van der Waals surface area contributed by atoms with Crippen LogP contribution in [-0.4, -0.2) is 0 Å². The summed E-state index contributed by atoms with van der Waals surface area (Å²) in [5.41, 5.74) is 4.54. The normalized spacial score (nSPS) is 12.4. The van der Waals surface area contributed by atoms with Crippen LogP contribution in [0, 0.1) is 0 Å². The largest absolute Gasteiger partial charge is 0.289 e. The Balaban J connectivity index is 2.43. The molecule has 0 heterocycles. The first-order chi connectivity index (χ1) is 4.89. The second-order valence-corrected chi connectivity index (χ2v) is 2.62. The highest BCUT2D eigenvalue weighted by molar-refractivity contribution is 6.11. The molecule has 0 bridgehead atoms. The molecule has 10 heavy (non-hydrogen) atoms. The lowest BCUT2D eigenvalue weighted by atomic mass is 9.95. The van der Waals surface area contributed by atoms with Gasteiger partial charge in [-0.15, -0.1) is 0 Å². The molecule has 1 heteroatoms. The average molecular weight is 128 g/mol. The van der Waals surface area contributed by atoms with Gasteiger partial charge >= 0.3 is 0 Å². The van der Waals surface area contributed by atoms with E-state index in [4.69, 9.17) is 0 Å². The maximum absolute atomic E-state index is 10.9. The van der Waals surface area contributed by atoms with E-state index >= 15 is 0 Å². The van der Waals surface area contributed by atoms with Crippen molar-refractivity contribution >= 4 is 0 Å². The monoisotopic (exact) mass is 128 g/mol. The van der Waals surface area contributed by atoms with Crippen LogP contribution in [0.3, 0.4) is 0 Å². The fourth-order valence-corrected chi connectivity index (χ4v) is 1.54. The van der Waals surface area contributed by atoms with Crippen molar-refractivity contribution < 1.29 is 0 Å². The molecule has 0 unspecified atom stereocenters. The summed E-state index contributed by atoms with van der Waals surface area (Å²) < 4.78 is 0. The first-order valence-corrected chi connectivity index (χ1v) is 3.28. The van der Waals surface area contributed by atoms with Crippen molar-refractivity contribution in [1.29, 1.82) is 0 Å². The predicted octanol–water partition coefficient (Wildman–Crippen LogP) is 1.57. The molecule has 3 rings (SSSR count). The Bertz CT molecular complexity index is 393. The van der Waals surface area contributed by atoms with Crippen molar-refractivity contribution in [2.45, 2.75) is 0 Å². The Kier molecular flexibility index (Phi) is 0.480. The molecule has 46 valence electrons. The van der Waals surface area contributed by atoms with E-state index in [0.717, 1.165) is 22.3 Å². The van der Waals surface area contributed by atoms with E-state index in [1.54, 1.807) is 0 Å². The molecule has 0 atom stereocenters. The summed E-state index contributed by atoms with van der Waals surface area (Å²) in [6, 6.07) is 7.93. The molecule has 0 aromatic heterocycles. The van der Waals surface area contributed by atoms with Crippen molar-refractivity contribution in [2.24, 2.45) is 0 Å². The van der Waals surface area contributed by atoms with Gasteiger partial charge in [0.2, 0.25) is 0 Å². The van der Waals surface area contributed by atoms with Crippen LogP contribution in [-0.2, 0) is 0 Å². The minimum absolute atomic E-state index is 0.265. The summed E-state index contributed by atoms with van der Waals surface area (Å²) in [6.45, 7) is 0. The topological polar surface area (TPSA) is 17.1 Å². The van der Waals surface area contributed by atoms with Crippen molar-refractivity contribution in [3.63, 3.8) is 0 Å². The number of hydrogen-bond acceptors (Lipinski definition) is 1. The third kappa shape index (κ3) is 0.275. The summed E-state index contributed by atoms with van der Waals surface area (Å²) in [6.07, 6.45) is 0. The Morgan fingerprint density at radius 1 is 0.900 bits per heavy atom. The van der Waals surface area contributed by atoms with E-state index in [1.165, 1.54) is 0 Å². The molecule has 0 fully saturated rings. The van der Waals surface area contributed by atoms with Crippen LogP contribution in [0.2, 0.25) is 0 Å². The molecule has 0 N–H and O–H groups in total. The van der Waals surface area contributed by atoms with Gasteiger partial charge in [0.1, 0.15) is 0 Å². The molecule has 2 aromatic rings. The summed E-state index contributed by atoms with van der Waals surface area (Å²) in [7, 11) is 0. The second kappa shape index (κ2) is 1.08. The molecule has 0 saturated heterocycles. The lowest BCUT2D eigenvalue weighted by molar-refractivity contribution is 1.66. The standard InChI is InChI=1S/C9H4O/c10-9-7-5-3-1-2-4-6(5)8(7)9/h1-4H. The van der Waals surface area contributed by atoms with Gasteiger partial charge in [0, 0.05) is 11.1 Å². The van der Waals surface area contributed by atoms with Gasteiger partial charge in [-0.2, -0.15) is 0 Å². The van der Waals surface area contributed by atoms with Crippen LogP contribution >= 0.6 is 0 Å². The maximum Gasteiger partial charge on any atom is 0.195 e. The Morgan fingerprint density at radius 3 is 1.90 bits per heavy atom. The van der Waals surface area contributed by atoms with E-state index in [1.807, 2.05) is 24.3 Å². The molecule has 0 amide bonds. The highest BCUT2D eigenvalue weighted by Crippen LogP contribution is 2.49. The summed E-state index contributed by atoms with van der Waals surface area (Å²) >= 11 is 0. The Hall–Kier alpha value is -1.37. The van der Waals surface area contributed by atoms with Crippen LogP contribution in [0.15, 0.2) is 29.1 Å². The highest BCUT2D eigenvalue weighted by Gasteiger charge is 2.36. The van der Waals surface area contributed by atoms with Gasteiger partial charge in [-0.25, -0.2) is 0 Å². The van der Waals surface area contributed by atoms with E-state index < -0.39 is 0 Å². The van der Waals surface area contributed by atoms with Gasteiger partial charge in [0.15, 0.2) is 5.43 Å². The molecular weight excluding hydrogens is 124 g/mol. The van der Waals surface area contributed by atoms with E-state index in [0.29, 0.717) is 0 Å². The van der Waals surface area contributed by atoms with Crippen molar-refractivity contribution in [3.05, 3.63) is 34.5 Å². The first-order valence-electron chi connectivity index (χ1n) is 3.28. The number of rotatable bonds is 0. The highest BCUT2D eigenvalue weighted by atomic mass is 16.1. The quantitative estimate of drug-likeness (QED) is 0.449. The third-order valence-electron chi connectivity index (χ3n) is 2.11. The molecule has 2 aromatic carbocycles. The molecule has 1 nitrogen and oxygen atoms in total. The molecule has 0 saturated carbocycles. The lowest BCUT2D eigenvalue weighted by Crippen LogP contribution is -1.81. The van der Waals surface area contributed by atoms with Crippen LogP contribution in [0.5, 0.6) is 0 Å². The maximum atomic E-state index is 10.9. The smallest absolute Gasteiger partial charge is 0.195 e. The van der Waals surface area contributed by atoms with E-state index in [2.05, 4.69) is 0 Å². The fourth-order valence-electron chi connectivity index (χ4n) is 1.54. The summed E-state index contributed by atoms with van der Waals surface area (Å²) in [5.74, 6) is 0. The zero-order valence-corrected chi connectivity index (χ0v) is 5.22. The average Bonchev–Trinajstić information content (AvgIpc) is 2.49. The first kappa shape index (κ1) is 4.45. The van der Waals surface area contributed by atoms with Crippen molar-refractivity contribution in [2.75, 3.05) is 0 Å². The van der Waals surface area contributed by atoms with Crippen molar-refractivity contribution in [3.8, 4) is 22.3 Å². The van der Waals surface area contributed by atoms with Crippen LogP contribution < -0.4 is 5.43 Å². The van der Waals surface area contributed by atoms with Gasteiger partial charge in [-0.05, 0) is 11.1 Å². The van der Waals surface area contributed by atoms with Crippen molar-refractivity contribution in [1.82, 2.24) is 0 Å². The summed E-state index contributed by atoms with van der Waals surface area (Å²) in [4.78, 5) is 10.9. The summed E-state index contributed by atoms with van der Waals surface area (Å²) in [5, 5.41) is 0. The zero-order valence-electron chi connectivity index (χ0n) is 5.22. The molecule has 1 aliphatic carbocycles. The minimum Gasteiger partial charge on any atom is -0.289 e. The molecular formula is C9H4O. The SMILES string of the molecule is O=c1c2c1-c1ccccc1-2. The lowest BCUT2D eigenvalue weighted by Gasteiger charge is -2.06. The van der Waals surface area contributed by atoms with Crippen LogP contribution in [0.1, 0.15) is 0 Å². The number of hydrogen-bond donors (Lipinski definition) is 0. The zero-order chi connectivity index (χ0) is 6.72.